The molecule has 1 aromatic carbocycles. The molecule has 7 nitrogen and oxygen atoms in total. The third-order valence-electron chi connectivity index (χ3n) is 7.01. The van der Waals surface area contributed by atoms with E-state index in [0.717, 1.165) is 46.8 Å². The molecule has 1 amide bonds. The van der Waals surface area contributed by atoms with Crippen LogP contribution < -0.4 is 4.90 Å². The molecule has 0 N–H and O–H groups in total. The summed E-state index contributed by atoms with van der Waals surface area (Å²) in [6, 6.07) is 4.80. The molecule has 3 aromatic rings. The fourth-order valence-electron chi connectivity index (χ4n) is 5.37. The summed E-state index contributed by atoms with van der Waals surface area (Å²) in [4.78, 5) is 28.5. The molecule has 1 saturated carbocycles. The van der Waals surface area contributed by atoms with Crippen molar-refractivity contribution in [2.24, 2.45) is 0 Å². The summed E-state index contributed by atoms with van der Waals surface area (Å²) in [6.07, 6.45) is 12.0. The summed E-state index contributed by atoms with van der Waals surface area (Å²) in [5.41, 5.74) is 6.12. The lowest BCUT2D eigenvalue weighted by molar-refractivity contribution is 0.175. The van der Waals surface area contributed by atoms with Gasteiger partial charge in [-0.3, -0.25) is 14.9 Å². The van der Waals surface area contributed by atoms with E-state index in [-0.39, 0.29) is 12.1 Å². The van der Waals surface area contributed by atoms with E-state index in [9.17, 15) is 4.79 Å². The molecule has 2 aromatic heterocycles. The maximum atomic E-state index is 12.5. The van der Waals surface area contributed by atoms with Gasteiger partial charge in [0.15, 0.2) is 0 Å². The molecule has 0 bridgehead atoms. The minimum absolute atomic E-state index is 0.107. The van der Waals surface area contributed by atoms with Crippen LogP contribution >= 0.6 is 0 Å². The second-order valence-electron chi connectivity index (χ2n) is 9.17. The van der Waals surface area contributed by atoms with E-state index in [1.54, 1.807) is 4.90 Å². The number of nitrogens with zero attached hydrogens (tertiary/aromatic N) is 5. The lowest BCUT2D eigenvalue weighted by atomic mass is 9.94. The normalized spacial score (nSPS) is 19.2. The zero-order valence-corrected chi connectivity index (χ0v) is 19.2. The zero-order valence-electron chi connectivity index (χ0n) is 19.2. The van der Waals surface area contributed by atoms with E-state index in [0.29, 0.717) is 12.5 Å². The molecule has 0 radical (unpaired) electrons. The van der Waals surface area contributed by atoms with Crippen LogP contribution in [0.15, 0.2) is 24.5 Å². The Morgan fingerprint density at radius 1 is 1.12 bits per heavy atom. The number of ether oxygens (including phenoxy) is 1. The Balaban J connectivity index is 1.65. The third-order valence-corrected chi connectivity index (χ3v) is 7.01. The lowest BCUT2D eigenvalue weighted by Crippen LogP contribution is -2.42. The molecular weight excluding hydrogens is 402 g/mol. The van der Waals surface area contributed by atoms with Gasteiger partial charge in [-0.25, -0.2) is 9.78 Å². The molecule has 0 saturated heterocycles. The Kier molecular flexibility index (Phi) is 5.57. The Labute approximate surface area is 188 Å². The van der Waals surface area contributed by atoms with Crippen LogP contribution in [0.25, 0.3) is 11.0 Å². The van der Waals surface area contributed by atoms with E-state index in [1.165, 1.54) is 44.7 Å². The Bertz CT molecular complexity index is 1130. The van der Waals surface area contributed by atoms with E-state index in [1.807, 2.05) is 19.3 Å². The first-order valence-electron chi connectivity index (χ1n) is 11.7. The van der Waals surface area contributed by atoms with Gasteiger partial charge in [-0.05, 0) is 51.7 Å². The number of aromatic nitrogens is 4. The fourth-order valence-corrected chi connectivity index (χ4v) is 5.37. The minimum Gasteiger partial charge on any atom is -0.452 e. The first kappa shape index (κ1) is 20.9. The van der Waals surface area contributed by atoms with Crippen LogP contribution in [0.2, 0.25) is 0 Å². The van der Waals surface area contributed by atoms with Gasteiger partial charge in [0.2, 0.25) is 0 Å². The summed E-state index contributed by atoms with van der Waals surface area (Å²) in [5.74, 6) is 1.04. The summed E-state index contributed by atoms with van der Waals surface area (Å²) < 4.78 is 7.54. The Hall–Kier alpha value is -2.96. The first-order chi connectivity index (χ1) is 15.6. The molecular formula is C25H31N5O2. The number of benzene rings is 1. The fraction of sp³-hybridized carbons (Fsp3) is 0.520. The molecule has 1 atom stereocenters. The number of fused-ring (bicyclic) bond motifs is 3. The van der Waals surface area contributed by atoms with Crippen molar-refractivity contribution in [1.82, 2.24) is 19.5 Å². The Morgan fingerprint density at radius 3 is 2.66 bits per heavy atom. The summed E-state index contributed by atoms with van der Waals surface area (Å²) in [7, 11) is 1.44. The van der Waals surface area contributed by atoms with Crippen LogP contribution in [0, 0.1) is 6.92 Å². The van der Waals surface area contributed by atoms with Gasteiger partial charge in [-0.1, -0.05) is 19.3 Å². The van der Waals surface area contributed by atoms with Gasteiger partial charge < -0.3 is 9.30 Å². The standard InChI is InChI=1S/C25H31N5O2/c1-16-14-27-18(15-26-16)13-23-28-24-20-10-9-17(2)29(25(31)32-3)21(20)11-12-22(24)30(23)19-7-5-4-6-8-19/h11-12,14-15,17,19H,4-10,13H2,1-3H3/t17-/m0/s1. The van der Waals surface area contributed by atoms with Crippen molar-refractivity contribution < 1.29 is 9.53 Å². The summed E-state index contributed by atoms with van der Waals surface area (Å²) in [6.45, 7) is 4.03. The van der Waals surface area contributed by atoms with Crippen molar-refractivity contribution in [3.8, 4) is 0 Å². The van der Waals surface area contributed by atoms with Crippen LogP contribution in [-0.2, 0) is 17.6 Å². The molecule has 1 aliphatic carbocycles. The molecule has 0 spiro atoms. The summed E-state index contributed by atoms with van der Waals surface area (Å²) in [5, 5.41) is 0. The third kappa shape index (κ3) is 3.63. The lowest BCUT2D eigenvalue weighted by Gasteiger charge is -2.34. The number of imidazole rings is 1. The number of methoxy groups -OCH3 is 1. The average Bonchev–Trinajstić information content (AvgIpc) is 3.18. The van der Waals surface area contributed by atoms with Gasteiger partial charge in [-0.15, -0.1) is 0 Å². The number of carbonyl (C=O) groups excluding carboxylic acids is 1. The molecule has 2 aliphatic rings. The zero-order chi connectivity index (χ0) is 22.2. The van der Waals surface area contributed by atoms with Crippen molar-refractivity contribution in [3.63, 3.8) is 0 Å². The first-order valence-corrected chi connectivity index (χ1v) is 11.7. The topological polar surface area (TPSA) is 73.1 Å². The average molecular weight is 434 g/mol. The molecule has 3 heterocycles. The number of hydrogen-bond donors (Lipinski definition) is 0. The highest BCUT2D eigenvalue weighted by molar-refractivity contribution is 5.95. The molecule has 0 unspecified atom stereocenters. The van der Waals surface area contributed by atoms with E-state index in [4.69, 9.17) is 9.72 Å². The van der Waals surface area contributed by atoms with Crippen LogP contribution in [0.5, 0.6) is 0 Å². The van der Waals surface area contributed by atoms with Crippen LogP contribution in [0.1, 0.15) is 74.3 Å². The number of hydrogen-bond acceptors (Lipinski definition) is 5. The molecule has 168 valence electrons. The molecule has 5 rings (SSSR count). The van der Waals surface area contributed by atoms with Crippen molar-refractivity contribution in [2.45, 2.75) is 77.3 Å². The number of carbonyl (C=O) groups is 1. The molecule has 1 aliphatic heterocycles. The molecule has 7 heteroatoms. The van der Waals surface area contributed by atoms with E-state index >= 15 is 0 Å². The number of anilines is 1. The van der Waals surface area contributed by atoms with Crippen LogP contribution in [0.4, 0.5) is 10.5 Å². The van der Waals surface area contributed by atoms with E-state index in [2.05, 4.69) is 33.6 Å². The van der Waals surface area contributed by atoms with Gasteiger partial charge in [-0.2, -0.15) is 0 Å². The minimum atomic E-state index is -0.306. The van der Waals surface area contributed by atoms with Crippen molar-refractivity contribution in [2.75, 3.05) is 12.0 Å². The van der Waals surface area contributed by atoms with Crippen LogP contribution in [0.3, 0.4) is 0 Å². The SMILES string of the molecule is COC(=O)N1c2ccc3c(nc(Cc4cnc(C)cn4)n3C3CCCCC3)c2CC[C@@H]1C. The van der Waals surface area contributed by atoms with Gasteiger partial charge >= 0.3 is 6.09 Å². The van der Waals surface area contributed by atoms with Gasteiger partial charge in [0.25, 0.3) is 0 Å². The van der Waals surface area contributed by atoms with Crippen molar-refractivity contribution in [1.29, 1.82) is 0 Å². The Morgan fingerprint density at radius 2 is 1.94 bits per heavy atom. The van der Waals surface area contributed by atoms with Crippen molar-refractivity contribution >= 4 is 22.8 Å². The highest BCUT2D eigenvalue weighted by Gasteiger charge is 2.32. The maximum Gasteiger partial charge on any atom is 0.414 e. The van der Waals surface area contributed by atoms with Crippen LogP contribution in [-0.4, -0.2) is 38.8 Å². The van der Waals surface area contributed by atoms with Gasteiger partial charge in [0.1, 0.15) is 5.82 Å². The maximum absolute atomic E-state index is 12.5. The highest BCUT2D eigenvalue weighted by Crippen LogP contribution is 2.39. The molecule has 1 fully saturated rings. The second kappa shape index (κ2) is 8.52. The summed E-state index contributed by atoms with van der Waals surface area (Å²) >= 11 is 0. The number of aryl methyl sites for hydroxylation is 2. The highest BCUT2D eigenvalue weighted by atomic mass is 16.5. The smallest absolute Gasteiger partial charge is 0.414 e. The molecule has 32 heavy (non-hydrogen) atoms. The number of amides is 1. The predicted octanol–water partition coefficient (Wildman–Crippen LogP) is 5.14. The van der Waals surface area contributed by atoms with Gasteiger partial charge in [0.05, 0.1) is 35.2 Å². The second-order valence-corrected chi connectivity index (χ2v) is 9.17. The van der Waals surface area contributed by atoms with E-state index < -0.39 is 0 Å². The predicted molar refractivity (Wildman–Crippen MR) is 124 cm³/mol. The quantitative estimate of drug-likeness (QED) is 0.572. The monoisotopic (exact) mass is 433 g/mol. The van der Waals surface area contributed by atoms with Crippen molar-refractivity contribution in [3.05, 3.63) is 47.3 Å². The number of rotatable bonds is 3. The van der Waals surface area contributed by atoms with Gasteiger partial charge in [0, 0.05) is 36.5 Å². The largest absolute Gasteiger partial charge is 0.452 e.